The first-order valence-corrected chi connectivity index (χ1v) is 9.95. The number of carbonyl (C=O) groups excluding carboxylic acids is 2. The van der Waals surface area contributed by atoms with Gasteiger partial charge in [-0.1, -0.05) is 12.1 Å². The zero-order valence-corrected chi connectivity index (χ0v) is 17.3. The molecular formula is C23H28N2O4. The van der Waals surface area contributed by atoms with Crippen molar-refractivity contribution in [1.82, 2.24) is 4.90 Å². The smallest absolute Gasteiger partial charge is 0.227 e. The van der Waals surface area contributed by atoms with E-state index in [1.165, 1.54) is 0 Å². The van der Waals surface area contributed by atoms with E-state index in [9.17, 15) is 9.59 Å². The van der Waals surface area contributed by atoms with Crippen LogP contribution < -0.4 is 14.4 Å². The molecule has 29 heavy (non-hydrogen) atoms. The molecule has 6 heteroatoms. The van der Waals surface area contributed by atoms with Crippen molar-refractivity contribution in [2.75, 3.05) is 38.3 Å². The highest BCUT2D eigenvalue weighted by atomic mass is 16.5. The standard InChI is InChI=1S/C23H28N2O4/c1-4-28-20-10-8-19(9-11-20)25-16-18(15-22(25)26)23(27)24(3)12-13-29-21-7-5-6-17(2)14-21/h5-11,14,18H,4,12-13,15-16H2,1-3H3. The Kier molecular flexibility index (Phi) is 6.75. The van der Waals surface area contributed by atoms with Crippen molar-refractivity contribution in [2.24, 2.45) is 5.92 Å². The maximum atomic E-state index is 12.8. The zero-order valence-electron chi connectivity index (χ0n) is 17.3. The molecule has 0 aliphatic carbocycles. The van der Waals surface area contributed by atoms with E-state index in [-0.39, 0.29) is 24.2 Å². The van der Waals surface area contributed by atoms with Crippen LogP contribution in [0.3, 0.4) is 0 Å². The van der Waals surface area contributed by atoms with E-state index in [2.05, 4.69) is 0 Å². The average molecular weight is 396 g/mol. The zero-order chi connectivity index (χ0) is 20.8. The lowest BCUT2D eigenvalue weighted by molar-refractivity contribution is -0.134. The summed E-state index contributed by atoms with van der Waals surface area (Å²) in [7, 11) is 1.76. The highest BCUT2D eigenvalue weighted by molar-refractivity contribution is 6.00. The first kappa shape index (κ1) is 20.7. The van der Waals surface area contributed by atoms with Crippen LogP contribution in [0.25, 0.3) is 0 Å². The van der Waals surface area contributed by atoms with Gasteiger partial charge in [-0.15, -0.1) is 0 Å². The van der Waals surface area contributed by atoms with Crippen LogP contribution in [0.2, 0.25) is 0 Å². The van der Waals surface area contributed by atoms with Crippen LogP contribution in [0.15, 0.2) is 48.5 Å². The lowest BCUT2D eigenvalue weighted by Gasteiger charge is -2.21. The van der Waals surface area contributed by atoms with Gasteiger partial charge < -0.3 is 19.3 Å². The Hall–Kier alpha value is -3.02. The summed E-state index contributed by atoms with van der Waals surface area (Å²) in [4.78, 5) is 28.6. The summed E-state index contributed by atoms with van der Waals surface area (Å²) in [6.45, 7) is 5.81. The third-order valence-electron chi connectivity index (χ3n) is 4.99. The number of anilines is 1. The molecule has 0 radical (unpaired) electrons. The molecule has 1 unspecified atom stereocenters. The minimum atomic E-state index is -0.335. The molecule has 1 fully saturated rings. The molecule has 1 saturated heterocycles. The van der Waals surface area contributed by atoms with E-state index in [4.69, 9.17) is 9.47 Å². The Morgan fingerprint density at radius 1 is 1.14 bits per heavy atom. The number of likely N-dealkylation sites (N-methyl/N-ethyl adjacent to an activating group) is 1. The topological polar surface area (TPSA) is 59.1 Å². The summed E-state index contributed by atoms with van der Waals surface area (Å²) in [6.07, 6.45) is 0.231. The quantitative estimate of drug-likeness (QED) is 0.687. The molecule has 1 atom stereocenters. The van der Waals surface area contributed by atoms with Crippen molar-refractivity contribution in [3.63, 3.8) is 0 Å². The van der Waals surface area contributed by atoms with E-state index in [0.717, 1.165) is 22.7 Å². The van der Waals surface area contributed by atoms with Gasteiger partial charge in [-0.05, 0) is 55.8 Å². The maximum absolute atomic E-state index is 12.8. The van der Waals surface area contributed by atoms with Crippen molar-refractivity contribution >= 4 is 17.5 Å². The number of carbonyl (C=O) groups is 2. The molecule has 0 bridgehead atoms. The number of benzene rings is 2. The van der Waals surface area contributed by atoms with Crippen LogP contribution >= 0.6 is 0 Å². The Morgan fingerprint density at radius 3 is 2.59 bits per heavy atom. The monoisotopic (exact) mass is 396 g/mol. The molecule has 154 valence electrons. The summed E-state index contributed by atoms with van der Waals surface area (Å²) >= 11 is 0. The van der Waals surface area contributed by atoms with Gasteiger partial charge in [0.15, 0.2) is 0 Å². The fourth-order valence-corrected chi connectivity index (χ4v) is 3.44. The van der Waals surface area contributed by atoms with Gasteiger partial charge in [0.1, 0.15) is 18.1 Å². The van der Waals surface area contributed by atoms with Gasteiger partial charge in [0.05, 0.1) is 19.1 Å². The van der Waals surface area contributed by atoms with E-state index in [1.54, 1.807) is 16.8 Å². The van der Waals surface area contributed by atoms with E-state index < -0.39 is 0 Å². The van der Waals surface area contributed by atoms with Crippen LogP contribution in [0.1, 0.15) is 18.9 Å². The minimum absolute atomic E-state index is 0.0281. The first-order valence-electron chi connectivity index (χ1n) is 9.95. The second-order valence-electron chi connectivity index (χ2n) is 7.26. The van der Waals surface area contributed by atoms with Gasteiger partial charge in [-0.2, -0.15) is 0 Å². The normalized spacial score (nSPS) is 16.0. The molecular weight excluding hydrogens is 368 g/mol. The minimum Gasteiger partial charge on any atom is -0.494 e. The second kappa shape index (κ2) is 9.45. The largest absolute Gasteiger partial charge is 0.494 e. The summed E-state index contributed by atoms with van der Waals surface area (Å²) in [5.74, 6) is 1.17. The molecule has 1 heterocycles. The van der Waals surface area contributed by atoms with Gasteiger partial charge in [0.2, 0.25) is 11.8 Å². The molecule has 0 saturated carbocycles. The molecule has 6 nitrogen and oxygen atoms in total. The molecule has 1 aliphatic heterocycles. The lowest BCUT2D eigenvalue weighted by Crippen LogP contribution is -2.37. The fourth-order valence-electron chi connectivity index (χ4n) is 3.44. The van der Waals surface area contributed by atoms with Crippen molar-refractivity contribution in [2.45, 2.75) is 20.3 Å². The molecule has 2 aromatic carbocycles. The van der Waals surface area contributed by atoms with Gasteiger partial charge in [-0.3, -0.25) is 9.59 Å². The number of aryl methyl sites for hydroxylation is 1. The fraction of sp³-hybridized carbons (Fsp3) is 0.391. The Bertz CT molecular complexity index is 850. The predicted octanol–water partition coefficient (Wildman–Crippen LogP) is 3.28. The van der Waals surface area contributed by atoms with Gasteiger partial charge >= 0.3 is 0 Å². The van der Waals surface area contributed by atoms with Crippen molar-refractivity contribution in [3.8, 4) is 11.5 Å². The van der Waals surface area contributed by atoms with Crippen LogP contribution in [-0.2, 0) is 9.59 Å². The summed E-state index contributed by atoms with van der Waals surface area (Å²) in [5.41, 5.74) is 1.92. The maximum Gasteiger partial charge on any atom is 0.227 e. The van der Waals surface area contributed by atoms with Crippen LogP contribution in [0.4, 0.5) is 5.69 Å². The van der Waals surface area contributed by atoms with Crippen molar-refractivity contribution in [1.29, 1.82) is 0 Å². The number of nitrogens with zero attached hydrogens (tertiary/aromatic N) is 2. The van der Waals surface area contributed by atoms with Crippen LogP contribution in [-0.4, -0.2) is 50.1 Å². The summed E-state index contributed by atoms with van der Waals surface area (Å²) in [5, 5.41) is 0. The number of ether oxygens (including phenoxy) is 2. The molecule has 2 amide bonds. The lowest BCUT2D eigenvalue weighted by atomic mass is 10.1. The van der Waals surface area contributed by atoms with Gasteiger partial charge in [0.25, 0.3) is 0 Å². The average Bonchev–Trinajstić information content (AvgIpc) is 3.10. The van der Waals surface area contributed by atoms with E-state index >= 15 is 0 Å². The summed E-state index contributed by atoms with van der Waals surface area (Å²) in [6, 6.07) is 15.2. The molecule has 0 aromatic heterocycles. The number of rotatable bonds is 8. The highest BCUT2D eigenvalue weighted by Gasteiger charge is 2.36. The Labute approximate surface area is 172 Å². The number of hydrogen-bond acceptors (Lipinski definition) is 4. The third-order valence-corrected chi connectivity index (χ3v) is 4.99. The van der Waals surface area contributed by atoms with Crippen LogP contribution in [0.5, 0.6) is 11.5 Å². The molecule has 0 spiro atoms. The molecule has 2 aromatic rings. The van der Waals surface area contributed by atoms with E-state index in [1.807, 2.05) is 62.4 Å². The van der Waals surface area contributed by atoms with E-state index in [0.29, 0.717) is 26.3 Å². The molecule has 3 rings (SSSR count). The Balaban J connectivity index is 1.52. The summed E-state index contributed by atoms with van der Waals surface area (Å²) < 4.78 is 11.2. The van der Waals surface area contributed by atoms with Gasteiger partial charge in [-0.25, -0.2) is 0 Å². The van der Waals surface area contributed by atoms with Crippen molar-refractivity contribution in [3.05, 3.63) is 54.1 Å². The predicted molar refractivity (Wildman–Crippen MR) is 112 cm³/mol. The van der Waals surface area contributed by atoms with Crippen molar-refractivity contribution < 1.29 is 19.1 Å². The second-order valence-corrected chi connectivity index (χ2v) is 7.26. The Morgan fingerprint density at radius 2 is 1.90 bits per heavy atom. The molecule has 0 N–H and O–H groups in total. The highest BCUT2D eigenvalue weighted by Crippen LogP contribution is 2.27. The molecule has 1 aliphatic rings. The first-order chi connectivity index (χ1) is 14.0. The third kappa shape index (κ3) is 5.28. The number of hydrogen-bond donors (Lipinski definition) is 0. The SMILES string of the molecule is CCOc1ccc(N2CC(C(=O)N(C)CCOc3cccc(C)c3)CC2=O)cc1. The van der Waals surface area contributed by atoms with Crippen LogP contribution in [0, 0.1) is 12.8 Å². The number of amides is 2. The van der Waals surface area contributed by atoms with Gasteiger partial charge in [0, 0.05) is 25.7 Å².